The second kappa shape index (κ2) is 5.71. The minimum absolute atomic E-state index is 0.237. The first-order chi connectivity index (χ1) is 9.28. The summed E-state index contributed by atoms with van der Waals surface area (Å²) in [5.74, 6) is -0.746. The van der Waals surface area contributed by atoms with E-state index in [1.807, 2.05) is 6.92 Å². The number of nitrogens with zero attached hydrogens (tertiary/aromatic N) is 1. The van der Waals surface area contributed by atoms with Crippen molar-refractivity contribution in [2.45, 2.75) is 30.3 Å². The van der Waals surface area contributed by atoms with Crippen molar-refractivity contribution in [3.8, 4) is 0 Å². The SMILES string of the molecule is COC1(C)CCCN(S(=O)(=O)c2ccc(Br)cc2F)C1. The molecule has 7 heteroatoms. The van der Waals surface area contributed by atoms with Crippen LogP contribution >= 0.6 is 15.9 Å². The maximum Gasteiger partial charge on any atom is 0.246 e. The smallest absolute Gasteiger partial charge is 0.246 e. The summed E-state index contributed by atoms with van der Waals surface area (Å²) in [6.45, 7) is 2.49. The lowest BCUT2D eigenvalue weighted by Gasteiger charge is -2.38. The van der Waals surface area contributed by atoms with E-state index < -0.39 is 21.4 Å². The first kappa shape index (κ1) is 15.9. The molecule has 1 aliphatic rings. The number of hydrogen-bond acceptors (Lipinski definition) is 3. The number of methoxy groups -OCH3 is 1. The average Bonchev–Trinajstić information content (AvgIpc) is 2.38. The van der Waals surface area contributed by atoms with Gasteiger partial charge in [0.25, 0.3) is 0 Å². The van der Waals surface area contributed by atoms with Gasteiger partial charge in [0.2, 0.25) is 10.0 Å². The summed E-state index contributed by atoms with van der Waals surface area (Å²) in [6.07, 6.45) is 1.49. The lowest BCUT2D eigenvalue weighted by molar-refractivity contribution is -0.0319. The summed E-state index contributed by atoms with van der Waals surface area (Å²) in [5.41, 5.74) is -0.517. The Hall–Kier alpha value is -0.500. The normalized spacial score (nSPS) is 24.8. The van der Waals surface area contributed by atoms with E-state index in [0.717, 1.165) is 12.5 Å². The van der Waals surface area contributed by atoms with E-state index in [9.17, 15) is 12.8 Å². The molecular weight excluding hydrogens is 349 g/mol. The highest BCUT2D eigenvalue weighted by Crippen LogP contribution is 2.29. The highest BCUT2D eigenvalue weighted by molar-refractivity contribution is 9.10. The van der Waals surface area contributed by atoms with Gasteiger partial charge < -0.3 is 4.74 Å². The van der Waals surface area contributed by atoms with Crippen molar-refractivity contribution in [3.05, 3.63) is 28.5 Å². The predicted molar refractivity (Wildman–Crippen MR) is 77.5 cm³/mol. The summed E-state index contributed by atoms with van der Waals surface area (Å²) >= 11 is 3.12. The number of ether oxygens (including phenoxy) is 1. The third-order valence-corrected chi connectivity index (χ3v) is 6.00. The van der Waals surface area contributed by atoms with Crippen molar-refractivity contribution in [2.75, 3.05) is 20.2 Å². The van der Waals surface area contributed by atoms with Gasteiger partial charge in [0.1, 0.15) is 10.7 Å². The second-order valence-corrected chi connectivity index (χ2v) is 7.99. The fraction of sp³-hybridized carbons (Fsp3) is 0.538. The van der Waals surface area contributed by atoms with Crippen LogP contribution in [0.15, 0.2) is 27.6 Å². The zero-order valence-electron chi connectivity index (χ0n) is 11.4. The summed E-state index contributed by atoms with van der Waals surface area (Å²) in [5, 5.41) is 0. The molecule has 1 aromatic rings. The molecule has 0 N–H and O–H groups in total. The fourth-order valence-electron chi connectivity index (χ4n) is 2.36. The molecular formula is C13H17BrFNO3S. The zero-order valence-corrected chi connectivity index (χ0v) is 13.8. The Bertz CT molecular complexity index is 608. The lowest BCUT2D eigenvalue weighted by Crippen LogP contribution is -2.49. The highest BCUT2D eigenvalue weighted by Gasteiger charge is 2.38. The Kier molecular flexibility index (Phi) is 4.53. The van der Waals surface area contributed by atoms with Crippen LogP contribution in [0.2, 0.25) is 0 Å². The number of halogens is 2. The number of hydrogen-bond donors (Lipinski definition) is 0. The van der Waals surface area contributed by atoms with Crippen LogP contribution in [0.25, 0.3) is 0 Å². The maximum atomic E-state index is 13.9. The summed E-state index contributed by atoms with van der Waals surface area (Å²) in [7, 11) is -2.27. The van der Waals surface area contributed by atoms with Gasteiger partial charge >= 0.3 is 0 Å². The van der Waals surface area contributed by atoms with Gasteiger partial charge in [-0.1, -0.05) is 15.9 Å². The third kappa shape index (κ3) is 3.05. The molecule has 0 radical (unpaired) electrons. The van der Waals surface area contributed by atoms with Crippen molar-refractivity contribution < 1.29 is 17.5 Å². The Morgan fingerprint density at radius 1 is 1.45 bits per heavy atom. The number of piperidine rings is 1. The molecule has 1 saturated heterocycles. The predicted octanol–water partition coefficient (Wildman–Crippen LogP) is 2.78. The van der Waals surface area contributed by atoms with Crippen LogP contribution < -0.4 is 0 Å². The maximum absolute atomic E-state index is 13.9. The molecule has 1 fully saturated rings. The monoisotopic (exact) mass is 365 g/mol. The van der Waals surface area contributed by atoms with Crippen molar-refractivity contribution in [1.29, 1.82) is 0 Å². The van der Waals surface area contributed by atoms with Gasteiger partial charge in [0.05, 0.1) is 5.60 Å². The molecule has 0 aliphatic carbocycles. The van der Waals surface area contributed by atoms with Gasteiger partial charge in [-0.3, -0.25) is 0 Å². The van der Waals surface area contributed by atoms with Crippen molar-refractivity contribution in [1.82, 2.24) is 4.31 Å². The van der Waals surface area contributed by atoms with Gasteiger partial charge in [0, 0.05) is 24.7 Å². The highest BCUT2D eigenvalue weighted by atomic mass is 79.9. The molecule has 1 aromatic carbocycles. The molecule has 1 heterocycles. The summed E-state index contributed by atoms with van der Waals surface area (Å²) < 4.78 is 46.2. The molecule has 112 valence electrons. The van der Waals surface area contributed by atoms with Gasteiger partial charge in [-0.05, 0) is 38.0 Å². The van der Waals surface area contributed by atoms with Crippen LogP contribution in [-0.4, -0.2) is 38.5 Å². The van der Waals surface area contributed by atoms with Crippen LogP contribution in [0.1, 0.15) is 19.8 Å². The largest absolute Gasteiger partial charge is 0.377 e. The van der Waals surface area contributed by atoms with E-state index in [0.29, 0.717) is 17.4 Å². The fourth-order valence-corrected chi connectivity index (χ4v) is 4.32. The Balaban J connectivity index is 2.35. The molecule has 1 atom stereocenters. The van der Waals surface area contributed by atoms with Gasteiger partial charge in [-0.15, -0.1) is 0 Å². The molecule has 20 heavy (non-hydrogen) atoms. The van der Waals surface area contributed by atoms with E-state index in [4.69, 9.17) is 4.74 Å². The first-order valence-corrected chi connectivity index (χ1v) is 8.52. The second-order valence-electron chi connectivity index (χ2n) is 5.17. The first-order valence-electron chi connectivity index (χ1n) is 6.29. The molecule has 0 amide bonds. The summed E-state index contributed by atoms with van der Waals surface area (Å²) in [4.78, 5) is -0.291. The molecule has 0 bridgehead atoms. The average molecular weight is 366 g/mol. The number of sulfonamides is 1. The summed E-state index contributed by atoms with van der Waals surface area (Å²) in [6, 6.07) is 3.97. The Morgan fingerprint density at radius 2 is 2.15 bits per heavy atom. The number of benzene rings is 1. The Labute approximate surface area is 127 Å². The van der Waals surface area contributed by atoms with Crippen LogP contribution in [0.4, 0.5) is 4.39 Å². The quantitative estimate of drug-likeness (QED) is 0.827. The minimum Gasteiger partial charge on any atom is -0.377 e. The van der Waals surface area contributed by atoms with E-state index in [1.54, 1.807) is 7.11 Å². The van der Waals surface area contributed by atoms with Crippen LogP contribution in [-0.2, 0) is 14.8 Å². The van der Waals surface area contributed by atoms with E-state index >= 15 is 0 Å². The molecule has 1 unspecified atom stereocenters. The minimum atomic E-state index is -3.83. The zero-order chi connectivity index (χ0) is 15.0. The van der Waals surface area contributed by atoms with E-state index in [-0.39, 0.29) is 11.4 Å². The topological polar surface area (TPSA) is 46.6 Å². The van der Waals surface area contributed by atoms with Crippen LogP contribution in [0, 0.1) is 5.82 Å². The van der Waals surface area contributed by atoms with E-state index in [2.05, 4.69) is 15.9 Å². The van der Waals surface area contributed by atoms with Crippen LogP contribution in [0.5, 0.6) is 0 Å². The number of rotatable bonds is 3. The molecule has 2 rings (SSSR count). The van der Waals surface area contributed by atoms with Gasteiger partial charge in [-0.2, -0.15) is 4.31 Å². The van der Waals surface area contributed by atoms with Crippen molar-refractivity contribution >= 4 is 26.0 Å². The Morgan fingerprint density at radius 3 is 2.75 bits per heavy atom. The van der Waals surface area contributed by atoms with E-state index in [1.165, 1.54) is 16.4 Å². The molecule has 1 aliphatic heterocycles. The molecule has 4 nitrogen and oxygen atoms in total. The van der Waals surface area contributed by atoms with Crippen molar-refractivity contribution in [3.63, 3.8) is 0 Å². The van der Waals surface area contributed by atoms with Crippen molar-refractivity contribution in [2.24, 2.45) is 0 Å². The van der Waals surface area contributed by atoms with Gasteiger partial charge in [-0.25, -0.2) is 12.8 Å². The third-order valence-electron chi connectivity index (χ3n) is 3.63. The van der Waals surface area contributed by atoms with Crippen LogP contribution in [0.3, 0.4) is 0 Å². The molecule has 0 spiro atoms. The standard InChI is InChI=1S/C13H17BrFNO3S/c1-13(19-2)6-3-7-16(9-13)20(17,18)12-5-4-10(14)8-11(12)15/h4-5,8H,3,6-7,9H2,1-2H3. The lowest BCUT2D eigenvalue weighted by atomic mass is 9.96. The van der Waals surface area contributed by atoms with Gasteiger partial charge in [0.15, 0.2) is 0 Å². The molecule has 0 saturated carbocycles. The molecule has 0 aromatic heterocycles.